The van der Waals surface area contributed by atoms with Gasteiger partial charge in [-0.3, -0.25) is 19.3 Å². The first-order valence-corrected chi connectivity index (χ1v) is 22.8. The summed E-state index contributed by atoms with van der Waals surface area (Å²) in [5.74, 6) is -1.89. The van der Waals surface area contributed by atoms with Gasteiger partial charge in [0.15, 0.2) is 0 Å². The van der Waals surface area contributed by atoms with Gasteiger partial charge in [-0.25, -0.2) is 0 Å². The zero-order valence-electron chi connectivity index (χ0n) is 34.7. The molecule has 3 aliphatic rings. The smallest absolute Gasteiger partial charge is 0.303 e. The second-order valence-corrected chi connectivity index (χ2v) is 21.7. The molecule has 57 heavy (non-hydrogen) atoms. The number of phenolic OH excluding ortho intramolecular Hbond substituents is 1. The fraction of sp³-hybridized carbons (Fsp3) is 0.479. The first-order chi connectivity index (χ1) is 27.3. The lowest BCUT2D eigenvalue weighted by atomic mass is 9.69. The zero-order chi connectivity index (χ0) is 40.9. The molecule has 2 N–H and O–H groups in total. The van der Waals surface area contributed by atoms with Crippen LogP contribution in [-0.2, 0) is 23.5 Å². The van der Waals surface area contributed by atoms with E-state index in [0.29, 0.717) is 51.2 Å². The summed E-state index contributed by atoms with van der Waals surface area (Å²) in [6, 6.07) is 25.2. The minimum absolute atomic E-state index is 0.0826. The highest BCUT2D eigenvalue weighted by Crippen LogP contribution is 2.50. The standard InChI is InChI=1S/C48H61NO7Si/c1-7-17-34(28-35-26-32(2)45(52)33(3)27-35)23-24-41-43-36(30-56-57(48(4,5)6,37-18-11-8-12-19-37)38-20-13-9-14-21-38)29-39-44(40(43)31-55-41)47(54)49(46(39)53)25-16-10-15-22-42(50)51/h8-9,11-14,18-21,26-28,39-41,44,52H,7,10,15-17,22-25,29-31H2,1-6H3,(H,50,51)/b34-28+/t39-,40+,41-,44-/m1/s1. The van der Waals surface area contributed by atoms with E-state index in [2.05, 4.69) is 82.3 Å². The molecule has 2 aliphatic heterocycles. The van der Waals surface area contributed by atoms with Crippen molar-refractivity contribution in [3.05, 3.63) is 106 Å². The molecule has 0 unspecified atom stereocenters. The minimum atomic E-state index is -2.92. The Balaban J connectivity index is 1.35. The maximum absolute atomic E-state index is 14.2. The summed E-state index contributed by atoms with van der Waals surface area (Å²) in [6.45, 7) is 13.9. The molecule has 6 rings (SSSR count). The van der Waals surface area contributed by atoms with Crippen LogP contribution in [0.15, 0.2) is 89.5 Å². The van der Waals surface area contributed by atoms with Crippen LogP contribution in [0.1, 0.15) is 102 Å². The average molecular weight is 792 g/mol. The summed E-state index contributed by atoms with van der Waals surface area (Å²) in [6.07, 6.45) is 7.86. The van der Waals surface area contributed by atoms with Gasteiger partial charge in [-0.2, -0.15) is 0 Å². The molecular weight excluding hydrogens is 731 g/mol. The third-order valence-electron chi connectivity index (χ3n) is 12.4. The van der Waals surface area contributed by atoms with E-state index in [-0.39, 0.29) is 35.3 Å². The van der Waals surface area contributed by atoms with E-state index < -0.39 is 26.1 Å². The van der Waals surface area contributed by atoms with Crippen molar-refractivity contribution in [1.82, 2.24) is 4.90 Å². The number of hydrogen-bond acceptors (Lipinski definition) is 6. The molecule has 0 bridgehead atoms. The molecular formula is C48H61NO7Si. The monoisotopic (exact) mass is 791 g/mol. The Morgan fingerprint density at radius 2 is 1.53 bits per heavy atom. The molecule has 4 atom stereocenters. The highest BCUT2D eigenvalue weighted by molar-refractivity contribution is 6.99. The number of ether oxygens (including phenoxy) is 1. The number of imide groups is 1. The number of likely N-dealkylation sites (tertiary alicyclic amines) is 1. The molecule has 3 aromatic rings. The molecule has 9 heteroatoms. The summed E-state index contributed by atoms with van der Waals surface area (Å²) in [5, 5.41) is 21.6. The number of carboxylic acid groups (broad SMARTS) is 1. The van der Waals surface area contributed by atoms with E-state index in [4.69, 9.17) is 14.3 Å². The molecule has 0 spiro atoms. The highest BCUT2D eigenvalue weighted by atomic mass is 28.4. The van der Waals surface area contributed by atoms with Gasteiger partial charge in [-0.05, 0) is 108 Å². The molecule has 8 nitrogen and oxygen atoms in total. The number of carbonyl (C=O) groups excluding carboxylic acids is 2. The SMILES string of the molecule is CCC/C(=C\c1cc(C)c(O)c(C)c1)CC[C@H]1OC[C@H]2C1=C(CO[Si](c1ccccc1)(c1ccccc1)C(C)(C)C)C[C@H]1C(=O)N(CCCCCC(=O)O)C(=O)[C@H]12. The molecule has 0 radical (unpaired) electrons. The molecule has 1 aliphatic carbocycles. The van der Waals surface area contributed by atoms with Crippen LogP contribution in [0.4, 0.5) is 0 Å². The summed E-state index contributed by atoms with van der Waals surface area (Å²) >= 11 is 0. The number of aromatic hydroxyl groups is 1. The van der Waals surface area contributed by atoms with Crippen molar-refractivity contribution in [3.63, 3.8) is 0 Å². The number of carboxylic acids is 1. The fourth-order valence-corrected chi connectivity index (χ4v) is 14.3. The number of amides is 2. The topological polar surface area (TPSA) is 113 Å². The second kappa shape index (κ2) is 18.1. The van der Waals surface area contributed by atoms with Crippen molar-refractivity contribution >= 4 is 42.6 Å². The van der Waals surface area contributed by atoms with Gasteiger partial charge in [0.05, 0.1) is 31.2 Å². The number of phenols is 1. The van der Waals surface area contributed by atoms with Gasteiger partial charge in [0, 0.05) is 18.9 Å². The van der Waals surface area contributed by atoms with Crippen LogP contribution in [0.5, 0.6) is 5.75 Å². The van der Waals surface area contributed by atoms with Gasteiger partial charge < -0.3 is 19.4 Å². The number of aryl methyl sites for hydroxylation is 2. The number of rotatable bonds is 17. The van der Waals surface area contributed by atoms with Gasteiger partial charge in [-0.15, -0.1) is 0 Å². The number of carbonyl (C=O) groups is 3. The van der Waals surface area contributed by atoms with Crippen molar-refractivity contribution < 1.29 is 33.8 Å². The molecule has 0 saturated carbocycles. The highest BCUT2D eigenvalue weighted by Gasteiger charge is 2.57. The molecule has 0 aromatic heterocycles. The van der Waals surface area contributed by atoms with Gasteiger partial charge in [0.25, 0.3) is 8.32 Å². The third kappa shape index (κ3) is 8.91. The first-order valence-electron chi connectivity index (χ1n) is 20.9. The summed E-state index contributed by atoms with van der Waals surface area (Å²) in [7, 11) is -2.92. The van der Waals surface area contributed by atoms with Crippen LogP contribution in [0, 0.1) is 31.6 Å². The number of benzene rings is 3. The largest absolute Gasteiger partial charge is 0.507 e. The molecule has 2 fully saturated rings. The molecule has 2 saturated heterocycles. The van der Waals surface area contributed by atoms with Gasteiger partial charge in [-0.1, -0.05) is 113 Å². The molecule has 2 amide bonds. The summed E-state index contributed by atoms with van der Waals surface area (Å²) in [5.41, 5.74) is 6.34. The van der Waals surface area contributed by atoms with Crippen LogP contribution in [0.3, 0.4) is 0 Å². The van der Waals surface area contributed by atoms with E-state index in [1.165, 1.54) is 20.8 Å². The Bertz CT molecular complexity index is 1920. The van der Waals surface area contributed by atoms with Crippen molar-refractivity contribution in [2.75, 3.05) is 19.8 Å². The third-order valence-corrected chi connectivity index (χ3v) is 17.4. The van der Waals surface area contributed by atoms with Gasteiger partial charge in [0.2, 0.25) is 11.8 Å². The van der Waals surface area contributed by atoms with E-state index in [1.54, 1.807) is 0 Å². The van der Waals surface area contributed by atoms with E-state index >= 15 is 0 Å². The minimum Gasteiger partial charge on any atom is -0.507 e. The molecule has 2 heterocycles. The number of aliphatic carboxylic acids is 1. The van der Waals surface area contributed by atoms with E-state index in [9.17, 15) is 19.5 Å². The Morgan fingerprint density at radius 1 is 0.895 bits per heavy atom. The lowest BCUT2D eigenvalue weighted by Gasteiger charge is -2.44. The zero-order valence-corrected chi connectivity index (χ0v) is 35.7. The summed E-state index contributed by atoms with van der Waals surface area (Å²) < 4.78 is 14.2. The van der Waals surface area contributed by atoms with Crippen LogP contribution >= 0.6 is 0 Å². The number of nitrogens with zero attached hydrogens (tertiary/aromatic N) is 1. The van der Waals surface area contributed by atoms with E-state index in [1.807, 2.05) is 38.1 Å². The maximum atomic E-state index is 14.2. The molecule has 304 valence electrons. The number of fused-ring (bicyclic) bond motifs is 3. The Labute approximate surface area is 340 Å². The van der Waals surface area contributed by atoms with Gasteiger partial charge >= 0.3 is 5.97 Å². The normalized spacial score (nSPS) is 21.3. The Hall–Kier alpha value is -4.31. The predicted octanol–water partition coefficient (Wildman–Crippen LogP) is 8.51. The van der Waals surface area contributed by atoms with Crippen molar-refractivity contribution in [3.8, 4) is 5.75 Å². The Morgan fingerprint density at radius 3 is 2.11 bits per heavy atom. The number of allylic oxidation sites excluding steroid dienone is 1. The van der Waals surface area contributed by atoms with Crippen LogP contribution in [-0.4, -0.2) is 67.1 Å². The van der Waals surface area contributed by atoms with Crippen molar-refractivity contribution in [2.24, 2.45) is 17.8 Å². The summed E-state index contributed by atoms with van der Waals surface area (Å²) in [4.78, 5) is 40.9. The Kier molecular flexibility index (Phi) is 13.4. The number of unbranched alkanes of at least 4 members (excludes halogenated alkanes) is 2. The maximum Gasteiger partial charge on any atom is 0.303 e. The lowest BCUT2D eigenvalue weighted by molar-refractivity contribution is -0.141. The fourth-order valence-electron chi connectivity index (χ4n) is 9.79. The lowest BCUT2D eigenvalue weighted by Crippen LogP contribution is -2.66. The quantitative estimate of drug-likeness (QED) is 0.0610. The van der Waals surface area contributed by atoms with Crippen molar-refractivity contribution in [2.45, 2.75) is 110 Å². The first kappa shape index (κ1) is 42.3. The number of hydrogen-bond donors (Lipinski definition) is 2. The van der Waals surface area contributed by atoms with Crippen LogP contribution in [0.2, 0.25) is 5.04 Å². The van der Waals surface area contributed by atoms with E-state index in [0.717, 1.165) is 53.5 Å². The van der Waals surface area contributed by atoms with Crippen molar-refractivity contribution in [1.29, 1.82) is 0 Å². The molecule has 3 aromatic carbocycles. The van der Waals surface area contributed by atoms with Crippen LogP contribution in [0.25, 0.3) is 6.08 Å². The van der Waals surface area contributed by atoms with Gasteiger partial charge in [0.1, 0.15) is 5.75 Å². The average Bonchev–Trinajstić information content (AvgIpc) is 3.70. The van der Waals surface area contributed by atoms with Crippen LogP contribution < -0.4 is 10.4 Å². The predicted molar refractivity (Wildman–Crippen MR) is 228 cm³/mol. The second-order valence-electron chi connectivity index (χ2n) is 17.4.